The van der Waals surface area contributed by atoms with Gasteiger partial charge in [0.05, 0.1) is 19.7 Å². The molecule has 1 fully saturated rings. The van der Waals surface area contributed by atoms with Crippen LogP contribution in [0.4, 0.5) is 0 Å². The Morgan fingerprint density at radius 3 is 2.42 bits per heavy atom. The van der Waals surface area contributed by atoms with Crippen LogP contribution in [-0.4, -0.2) is 51.7 Å². The third-order valence-electron chi connectivity index (χ3n) is 4.15. The number of methoxy groups -OCH3 is 1. The van der Waals surface area contributed by atoms with Crippen molar-refractivity contribution in [3.8, 4) is 5.75 Å². The lowest BCUT2D eigenvalue weighted by atomic mass is 10.1. The van der Waals surface area contributed by atoms with Crippen molar-refractivity contribution < 1.29 is 4.74 Å². The Kier molecular flexibility index (Phi) is 9.43. The summed E-state index contributed by atoms with van der Waals surface area (Å²) in [6.45, 7) is 4.73. The number of hydrogen-bond donors (Lipinski definition) is 2. The van der Waals surface area contributed by atoms with Crippen molar-refractivity contribution in [3.63, 3.8) is 0 Å². The van der Waals surface area contributed by atoms with E-state index in [1.165, 1.54) is 18.4 Å². The topological polar surface area (TPSA) is 48.9 Å². The molecule has 0 amide bonds. The molecule has 0 aromatic heterocycles. The van der Waals surface area contributed by atoms with Gasteiger partial charge in [0.1, 0.15) is 5.75 Å². The van der Waals surface area contributed by atoms with Crippen molar-refractivity contribution in [2.24, 2.45) is 10.9 Å². The highest BCUT2D eigenvalue weighted by Crippen LogP contribution is 2.27. The first-order chi connectivity index (χ1) is 11.1. The van der Waals surface area contributed by atoms with Crippen LogP contribution in [0.1, 0.15) is 31.4 Å². The zero-order chi connectivity index (χ0) is 16.7. The van der Waals surface area contributed by atoms with Crippen molar-refractivity contribution in [1.82, 2.24) is 15.5 Å². The van der Waals surface area contributed by atoms with E-state index in [0.717, 1.165) is 37.3 Å². The molecule has 24 heavy (non-hydrogen) atoms. The van der Waals surface area contributed by atoms with Crippen molar-refractivity contribution in [1.29, 1.82) is 0 Å². The van der Waals surface area contributed by atoms with Crippen molar-refractivity contribution in [2.45, 2.75) is 25.8 Å². The first-order valence-electron chi connectivity index (χ1n) is 8.46. The molecule has 1 aromatic carbocycles. The van der Waals surface area contributed by atoms with Gasteiger partial charge in [-0.15, -0.1) is 24.0 Å². The summed E-state index contributed by atoms with van der Waals surface area (Å²) in [6.07, 6.45) is 2.69. The highest BCUT2D eigenvalue weighted by Gasteiger charge is 2.21. The Balaban J connectivity index is 0.00000288. The molecule has 1 aliphatic carbocycles. The average molecular weight is 446 g/mol. The normalized spacial score (nSPS) is 15.6. The summed E-state index contributed by atoms with van der Waals surface area (Å²) in [4.78, 5) is 6.98. The van der Waals surface area contributed by atoms with Crippen LogP contribution in [0, 0.1) is 5.92 Å². The smallest absolute Gasteiger partial charge is 0.191 e. The van der Waals surface area contributed by atoms with Gasteiger partial charge in [0.2, 0.25) is 0 Å². The second kappa shape index (κ2) is 10.8. The molecular weight excluding hydrogens is 415 g/mol. The quantitative estimate of drug-likeness (QED) is 0.367. The van der Waals surface area contributed by atoms with Gasteiger partial charge < -0.3 is 20.3 Å². The van der Waals surface area contributed by atoms with Gasteiger partial charge in [-0.25, -0.2) is 0 Å². The van der Waals surface area contributed by atoms with Gasteiger partial charge in [-0.1, -0.05) is 12.1 Å². The van der Waals surface area contributed by atoms with Gasteiger partial charge in [0, 0.05) is 13.1 Å². The average Bonchev–Trinajstić information content (AvgIpc) is 3.37. The predicted octanol–water partition coefficient (Wildman–Crippen LogP) is 2.88. The first-order valence-corrected chi connectivity index (χ1v) is 8.46. The number of nitrogens with zero attached hydrogens (tertiary/aromatic N) is 2. The number of nitrogens with one attached hydrogen (secondary N) is 2. The molecule has 0 aliphatic heterocycles. The molecule has 1 aliphatic rings. The summed E-state index contributed by atoms with van der Waals surface area (Å²) in [7, 11) is 5.88. The second-order valence-corrected chi connectivity index (χ2v) is 6.30. The zero-order valence-electron chi connectivity index (χ0n) is 15.2. The summed E-state index contributed by atoms with van der Waals surface area (Å²) >= 11 is 0. The van der Waals surface area contributed by atoms with Crippen molar-refractivity contribution >= 4 is 29.9 Å². The lowest BCUT2D eigenvalue weighted by Crippen LogP contribution is -2.39. The van der Waals surface area contributed by atoms with E-state index in [0.29, 0.717) is 0 Å². The maximum atomic E-state index is 5.24. The van der Waals surface area contributed by atoms with Crippen LogP contribution >= 0.6 is 24.0 Å². The lowest BCUT2D eigenvalue weighted by Gasteiger charge is -2.24. The first kappa shape index (κ1) is 21.0. The number of benzene rings is 1. The molecule has 1 unspecified atom stereocenters. The number of guanidine groups is 1. The molecule has 6 heteroatoms. The Bertz CT molecular complexity index is 500. The van der Waals surface area contributed by atoms with E-state index in [1.54, 1.807) is 7.11 Å². The number of hydrogen-bond acceptors (Lipinski definition) is 3. The Morgan fingerprint density at radius 1 is 1.25 bits per heavy atom. The standard InChI is InChI=1S/C18H30N4O.HI/c1-5-19-18(20-12-14-6-7-14)21-13-17(22(2)3)15-8-10-16(23-4)11-9-15;/h8-11,14,17H,5-7,12-13H2,1-4H3,(H2,19,20,21);1H. The number of rotatable bonds is 8. The van der Waals surface area contributed by atoms with E-state index in [1.807, 2.05) is 12.1 Å². The van der Waals surface area contributed by atoms with E-state index in [-0.39, 0.29) is 30.0 Å². The van der Waals surface area contributed by atoms with Gasteiger partial charge in [-0.2, -0.15) is 0 Å². The number of ether oxygens (including phenoxy) is 1. The maximum absolute atomic E-state index is 5.24. The summed E-state index contributed by atoms with van der Waals surface area (Å²) in [5.74, 6) is 2.64. The van der Waals surface area contributed by atoms with Crippen LogP contribution in [0.25, 0.3) is 0 Å². The van der Waals surface area contributed by atoms with Gasteiger partial charge in [0.15, 0.2) is 5.96 Å². The molecule has 1 aromatic rings. The molecular formula is C18H31IN4O. The van der Waals surface area contributed by atoms with Crippen molar-refractivity contribution in [2.75, 3.05) is 40.8 Å². The van der Waals surface area contributed by atoms with Crippen LogP contribution in [0.3, 0.4) is 0 Å². The fourth-order valence-electron chi connectivity index (χ4n) is 2.48. The largest absolute Gasteiger partial charge is 0.497 e. The monoisotopic (exact) mass is 446 g/mol. The summed E-state index contributed by atoms with van der Waals surface area (Å²) < 4.78 is 5.24. The Morgan fingerprint density at radius 2 is 1.92 bits per heavy atom. The summed E-state index contributed by atoms with van der Waals surface area (Å²) in [6, 6.07) is 8.49. The number of aliphatic imine (C=N–C) groups is 1. The lowest BCUT2D eigenvalue weighted by molar-refractivity contribution is 0.306. The highest BCUT2D eigenvalue weighted by atomic mass is 127. The SMILES string of the molecule is CCNC(=NCC(c1ccc(OC)cc1)N(C)C)NCC1CC1.I. The Hall–Kier alpha value is -1.02. The molecule has 1 saturated carbocycles. The molecule has 2 N–H and O–H groups in total. The van der Waals surface area contributed by atoms with Crippen LogP contribution in [0.15, 0.2) is 29.3 Å². The van der Waals surface area contributed by atoms with Gasteiger partial charge in [-0.05, 0) is 57.5 Å². The summed E-state index contributed by atoms with van der Waals surface area (Å²) in [5, 5.41) is 6.78. The third kappa shape index (κ3) is 6.84. The van der Waals surface area contributed by atoms with E-state index >= 15 is 0 Å². The van der Waals surface area contributed by atoms with Crippen LogP contribution in [-0.2, 0) is 0 Å². The maximum Gasteiger partial charge on any atom is 0.191 e. The minimum absolute atomic E-state index is 0. The fraction of sp³-hybridized carbons (Fsp3) is 0.611. The fourth-order valence-corrected chi connectivity index (χ4v) is 2.48. The molecule has 0 heterocycles. The number of halogens is 1. The van der Waals surface area contributed by atoms with Gasteiger partial charge in [0.25, 0.3) is 0 Å². The van der Waals surface area contributed by atoms with Crippen LogP contribution in [0.5, 0.6) is 5.75 Å². The van der Waals surface area contributed by atoms with Gasteiger partial charge >= 0.3 is 0 Å². The second-order valence-electron chi connectivity index (χ2n) is 6.30. The summed E-state index contributed by atoms with van der Waals surface area (Å²) in [5.41, 5.74) is 1.25. The molecule has 1 atom stereocenters. The molecule has 2 rings (SSSR count). The minimum atomic E-state index is 0. The molecule has 0 bridgehead atoms. The van der Waals surface area contributed by atoms with Gasteiger partial charge in [-0.3, -0.25) is 4.99 Å². The van der Waals surface area contributed by atoms with E-state index in [2.05, 4.69) is 48.7 Å². The van der Waals surface area contributed by atoms with Crippen LogP contribution < -0.4 is 15.4 Å². The van der Waals surface area contributed by atoms with E-state index in [4.69, 9.17) is 9.73 Å². The minimum Gasteiger partial charge on any atom is -0.497 e. The molecule has 0 spiro atoms. The predicted molar refractivity (Wildman–Crippen MR) is 112 cm³/mol. The molecule has 0 radical (unpaired) electrons. The third-order valence-corrected chi connectivity index (χ3v) is 4.15. The number of likely N-dealkylation sites (N-methyl/N-ethyl adjacent to an activating group) is 1. The van der Waals surface area contributed by atoms with E-state index in [9.17, 15) is 0 Å². The van der Waals surface area contributed by atoms with Crippen LogP contribution in [0.2, 0.25) is 0 Å². The van der Waals surface area contributed by atoms with E-state index < -0.39 is 0 Å². The highest BCUT2D eigenvalue weighted by molar-refractivity contribution is 14.0. The molecule has 5 nitrogen and oxygen atoms in total. The van der Waals surface area contributed by atoms with Crippen molar-refractivity contribution in [3.05, 3.63) is 29.8 Å². The molecule has 0 saturated heterocycles. The Labute approximate surface area is 163 Å². The molecule has 136 valence electrons. The zero-order valence-corrected chi connectivity index (χ0v) is 17.5.